The van der Waals surface area contributed by atoms with Gasteiger partial charge in [-0.05, 0) is 252 Å². The minimum Gasteiger partial charge on any atom is -0.312 e. The van der Waals surface area contributed by atoms with Gasteiger partial charge in [0.15, 0.2) is 8.07 Å². The van der Waals surface area contributed by atoms with Crippen molar-refractivity contribution in [3.8, 4) is 11.1 Å². The molecule has 7 aliphatic heterocycles. The molecule has 0 atom stereocenters. The van der Waals surface area contributed by atoms with Gasteiger partial charge < -0.3 is 29.4 Å². The van der Waals surface area contributed by atoms with Crippen molar-refractivity contribution >= 4 is 196 Å². The number of rotatable bonds is 11. The Morgan fingerprint density at radius 1 is 0.258 bits per heavy atom. The van der Waals surface area contributed by atoms with Gasteiger partial charge in [-0.3, -0.25) is 0 Å². The molecule has 16 aromatic rings. The second-order valence-electron chi connectivity index (χ2n) is 39.8. The maximum absolute atomic E-state index is 3.04. The van der Waals surface area contributed by atoms with E-state index in [0.29, 0.717) is 0 Å². The van der Waals surface area contributed by atoms with Gasteiger partial charge in [0.25, 0.3) is 13.4 Å². The van der Waals surface area contributed by atoms with Crippen molar-refractivity contribution in [1.82, 2.24) is 0 Å². The van der Waals surface area contributed by atoms with Crippen LogP contribution in [0.15, 0.2) is 358 Å². The Morgan fingerprint density at radius 3 is 1.10 bits per heavy atom. The highest BCUT2D eigenvalue weighted by Crippen LogP contribution is 2.54. The van der Waals surface area contributed by atoms with Gasteiger partial charge >= 0.3 is 0 Å². The maximum Gasteiger partial charge on any atom is 0.252 e. The van der Waals surface area contributed by atoms with E-state index >= 15 is 0 Å². The summed E-state index contributed by atoms with van der Waals surface area (Å²) in [7, 11) is -5.29. The summed E-state index contributed by atoms with van der Waals surface area (Å²) in [5.74, 6) is 0. The molecule has 0 radical (unpaired) electrons. The van der Waals surface area contributed by atoms with Crippen molar-refractivity contribution in [3.05, 3.63) is 386 Å². The van der Waals surface area contributed by atoms with E-state index in [1.807, 2.05) is 0 Å². The zero-order valence-corrected chi connectivity index (χ0v) is 75.1. The van der Waals surface area contributed by atoms with Crippen LogP contribution in [-0.4, -0.2) is 29.6 Å². The number of anilines is 18. The van der Waals surface area contributed by atoms with Crippen LogP contribution >= 0.6 is 0 Å². The van der Waals surface area contributed by atoms with Crippen molar-refractivity contribution in [2.45, 2.75) is 117 Å². The first kappa shape index (κ1) is 75.8. The van der Waals surface area contributed by atoms with E-state index in [4.69, 9.17) is 0 Å². The fourth-order valence-corrected chi connectivity index (χ4v) is 31.2. The molecule has 600 valence electrons. The monoisotopic (exact) mass is 1630 g/mol. The topological polar surface area (TPSA) is 19.4 Å². The molecule has 7 heterocycles. The molecular formula is C114H100B2N6Si2. The van der Waals surface area contributed by atoms with Crippen molar-refractivity contribution in [2.75, 3.05) is 29.4 Å². The molecule has 23 rings (SSSR count). The highest BCUT2D eigenvalue weighted by Gasteiger charge is 2.58. The summed E-state index contributed by atoms with van der Waals surface area (Å²) in [5, 5.41) is 8.73. The molecule has 0 saturated carbocycles. The number of hydrogen-bond acceptors (Lipinski definition) is 6. The van der Waals surface area contributed by atoms with E-state index < -0.39 is 16.1 Å². The normalized spacial score (nSPS) is 14.7. The van der Waals surface area contributed by atoms with Crippen molar-refractivity contribution < 1.29 is 0 Å². The molecule has 124 heavy (non-hydrogen) atoms. The number of nitrogens with zero attached hydrogens (tertiary/aromatic N) is 6. The lowest BCUT2D eigenvalue weighted by Gasteiger charge is -2.50. The summed E-state index contributed by atoms with van der Waals surface area (Å²) < 4.78 is 0. The lowest BCUT2D eigenvalue weighted by Crippen LogP contribution is -2.77. The largest absolute Gasteiger partial charge is 0.312 e. The molecule has 16 aromatic carbocycles. The maximum atomic E-state index is 2.73. The Balaban J connectivity index is 0.719. The number of hydrogen-bond donors (Lipinski definition) is 0. The molecule has 1 spiro atoms. The Kier molecular flexibility index (Phi) is 16.8. The fraction of sp³-hybridized carbons (Fsp3) is 0.158. The van der Waals surface area contributed by atoms with Gasteiger partial charge in [0.1, 0.15) is 8.07 Å². The lowest BCUT2D eigenvalue weighted by atomic mass is 9.33. The van der Waals surface area contributed by atoms with Gasteiger partial charge in [-0.15, -0.1) is 0 Å². The lowest BCUT2D eigenvalue weighted by molar-refractivity contribution is 0.523. The van der Waals surface area contributed by atoms with Gasteiger partial charge in [-0.25, -0.2) is 0 Å². The van der Waals surface area contributed by atoms with Gasteiger partial charge in [-0.1, -0.05) is 326 Å². The first-order chi connectivity index (χ1) is 59.9. The van der Waals surface area contributed by atoms with Gasteiger partial charge in [0.2, 0.25) is 0 Å². The van der Waals surface area contributed by atoms with Gasteiger partial charge in [-0.2, -0.15) is 0 Å². The minimum atomic E-state index is -3.04. The van der Waals surface area contributed by atoms with E-state index in [0.717, 1.165) is 51.9 Å². The van der Waals surface area contributed by atoms with Crippen molar-refractivity contribution in [3.63, 3.8) is 0 Å². The van der Waals surface area contributed by atoms with Gasteiger partial charge in [0, 0.05) is 91.0 Å². The molecule has 6 nitrogen and oxygen atoms in total. The van der Waals surface area contributed by atoms with Crippen LogP contribution < -0.4 is 93.3 Å². The molecule has 0 saturated heterocycles. The fourth-order valence-electron chi connectivity index (χ4n) is 22.6. The molecule has 0 aromatic heterocycles. The molecule has 0 aliphatic carbocycles. The Morgan fingerprint density at radius 2 is 0.621 bits per heavy atom. The third-order valence-electron chi connectivity index (χ3n) is 28.5. The van der Waals surface area contributed by atoms with E-state index in [1.165, 1.54) is 160 Å². The summed E-state index contributed by atoms with van der Waals surface area (Å²) in [6.45, 7) is 31.0. The van der Waals surface area contributed by atoms with E-state index in [9.17, 15) is 0 Å². The van der Waals surface area contributed by atoms with Crippen LogP contribution in [0.2, 0.25) is 13.1 Å². The van der Waals surface area contributed by atoms with E-state index in [-0.39, 0.29) is 35.1 Å². The number of para-hydroxylation sites is 7. The number of benzene rings is 16. The van der Waals surface area contributed by atoms with Crippen molar-refractivity contribution in [2.24, 2.45) is 0 Å². The van der Waals surface area contributed by atoms with Crippen LogP contribution in [0.3, 0.4) is 0 Å². The quantitative estimate of drug-likeness (QED) is 0.119. The first-order valence-electron chi connectivity index (χ1n) is 44.5. The van der Waals surface area contributed by atoms with Gasteiger partial charge in [0.05, 0.1) is 11.4 Å². The molecule has 7 aliphatic rings. The zero-order chi connectivity index (χ0) is 84.4. The molecule has 0 N–H and O–H groups in total. The van der Waals surface area contributed by atoms with Crippen LogP contribution in [-0.2, 0) is 28.1 Å². The second-order valence-corrected chi connectivity index (χ2v) is 47.8. The zero-order valence-electron chi connectivity index (χ0n) is 73.1. The Hall–Kier alpha value is -13.1. The molecule has 0 bridgehead atoms. The predicted octanol–water partition coefficient (Wildman–Crippen LogP) is 22.0. The minimum absolute atomic E-state index is 0.0240. The smallest absolute Gasteiger partial charge is 0.252 e. The summed E-state index contributed by atoms with van der Waals surface area (Å²) in [6.07, 6.45) is 0.774. The highest BCUT2D eigenvalue weighted by atomic mass is 28.3. The van der Waals surface area contributed by atoms with Crippen LogP contribution in [0.1, 0.15) is 104 Å². The Labute approximate surface area is 734 Å². The molecule has 0 unspecified atom stereocenters. The summed E-state index contributed by atoms with van der Waals surface area (Å²) in [4.78, 5) is 15.7. The third kappa shape index (κ3) is 11.2. The second kappa shape index (κ2) is 27.4. The van der Waals surface area contributed by atoms with E-state index in [2.05, 4.69) is 477 Å². The molecular weight excluding hydrogens is 1530 g/mol. The molecule has 10 heteroatoms. The highest BCUT2D eigenvalue weighted by molar-refractivity contribution is 7.24. The third-order valence-corrected chi connectivity index (χ3v) is 37.0. The summed E-state index contributed by atoms with van der Waals surface area (Å²) >= 11 is 0. The summed E-state index contributed by atoms with van der Waals surface area (Å²) in [5.41, 5.74) is 37.9. The van der Waals surface area contributed by atoms with Crippen molar-refractivity contribution in [1.29, 1.82) is 0 Å². The van der Waals surface area contributed by atoms with E-state index in [1.54, 1.807) is 0 Å². The predicted molar refractivity (Wildman–Crippen MR) is 536 cm³/mol. The average Bonchev–Trinajstić information content (AvgIpc) is 1.19. The summed E-state index contributed by atoms with van der Waals surface area (Å²) in [6, 6.07) is 139. The Bertz CT molecular complexity index is 7000. The van der Waals surface area contributed by atoms with Crippen LogP contribution in [0.25, 0.3) is 11.1 Å². The van der Waals surface area contributed by atoms with Crippen LogP contribution in [0.4, 0.5) is 102 Å². The SMILES string of the molecule is CC(C)(C)c1ccc(N2c3ccc(C(C)(C)C)cc3B3c4cccc5c4N(c4ccccc4[Si]5(C)C)c4cc(N(c5ccccc5)c5cccc(CC(C)(C)c6ccc7c(c6)B6c8cccc9c8N(c8ccccc8[Si]98c9ccccc9-c9ccccc98)c8cc(N(c9ccccc9)c9ccccc9)cc(c86)N7c6ccc(C(C)(C)C)cc6)c5)cc2c43)cc1. The van der Waals surface area contributed by atoms with Crippen LogP contribution in [0.5, 0.6) is 0 Å². The molecule has 0 fully saturated rings. The molecule has 0 amide bonds. The first-order valence-corrected chi connectivity index (χ1v) is 49.5. The standard InChI is InChI=1S/C114H100B2N6Si2/c1-111(2,3)75-54-60-82(61-55-75)119-93-64-58-77(113(7,8)9)67-91(93)115-89-44-32-52-105-109(89)121(95-46-25-29-50-103(95)123(105,12)13)99-72-86(70-98(119)107(99)115)118(81-39-21-16-22-40-81)84-41-31-34-74(66-84)73-114(10,11)78-59-65-94-92(68-78)116-90-45-33-53-106-110(90)122(96-47-26-30-51-104(96)124(106)101-48-27-23-42-87(101)88-43-24-28-49-102(88)124)100-71-85(117(79-35-17-14-18-36-79)80-37-19-15-20-38-80)69-97(108(100)116)120(94)83-62-56-76(57-63-83)112(4,5)6/h14-72H,73H2,1-13H3. The average molecular weight is 1630 g/mol. The number of fused-ring (bicyclic) bond motifs is 19. The van der Waals surface area contributed by atoms with Crippen LogP contribution in [0, 0.1) is 0 Å².